The minimum atomic E-state index is -0.302. The number of benzene rings is 1. The van der Waals surface area contributed by atoms with Crippen LogP contribution in [0.2, 0.25) is 0 Å². The molecular weight excluding hydrogens is 241 g/mol. The molecule has 1 aromatic rings. The molecule has 2 rings (SSSR count). The number of carbonyl (C=O) groups is 1. The predicted molar refractivity (Wildman–Crippen MR) is 74.8 cm³/mol. The maximum atomic E-state index is 12.9. The van der Waals surface area contributed by atoms with Crippen molar-refractivity contribution < 1.29 is 9.18 Å². The van der Waals surface area contributed by atoms with Crippen molar-refractivity contribution in [2.75, 3.05) is 6.54 Å². The smallest absolute Gasteiger partial charge is 0.179 e. The van der Waals surface area contributed by atoms with Gasteiger partial charge in [0, 0.05) is 11.6 Å². The van der Waals surface area contributed by atoms with Gasteiger partial charge >= 0.3 is 0 Å². The van der Waals surface area contributed by atoms with Crippen LogP contribution in [0, 0.1) is 11.7 Å². The number of ketones is 1. The first-order chi connectivity index (χ1) is 9.00. The van der Waals surface area contributed by atoms with E-state index in [2.05, 4.69) is 18.7 Å². The quantitative estimate of drug-likeness (QED) is 0.778. The summed E-state index contributed by atoms with van der Waals surface area (Å²) in [5, 5.41) is 0. The van der Waals surface area contributed by atoms with Gasteiger partial charge < -0.3 is 0 Å². The first-order valence-corrected chi connectivity index (χ1v) is 7.06. The second kappa shape index (κ2) is 5.83. The molecule has 0 amide bonds. The molecule has 2 nitrogen and oxygen atoms in total. The minimum absolute atomic E-state index is 0.0842. The Bertz CT molecular complexity index is 443. The maximum absolute atomic E-state index is 12.9. The van der Waals surface area contributed by atoms with Crippen LogP contribution in [0.4, 0.5) is 4.39 Å². The van der Waals surface area contributed by atoms with E-state index in [1.54, 1.807) is 12.1 Å². The van der Waals surface area contributed by atoms with Gasteiger partial charge in [-0.1, -0.05) is 6.92 Å². The van der Waals surface area contributed by atoms with Gasteiger partial charge in [-0.25, -0.2) is 4.39 Å². The number of nitrogens with zero attached hydrogens (tertiary/aromatic N) is 1. The summed E-state index contributed by atoms with van der Waals surface area (Å²) in [5.74, 6) is 0.405. The van der Waals surface area contributed by atoms with Gasteiger partial charge in [-0.3, -0.25) is 9.69 Å². The van der Waals surface area contributed by atoms with E-state index in [9.17, 15) is 9.18 Å². The minimum Gasteiger partial charge on any atom is -0.292 e. The van der Waals surface area contributed by atoms with E-state index in [1.165, 1.54) is 18.6 Å². The fraction of sp³-hybridized carbons (Fsp3) is 0.562. The van der Waals surface area contributed by atoms with Crippen LogP contribution >= 0.6 is 0 Å². The molecule has 3 heteroatoms. The number of rotatable bonds is 3. The van der Waals surface area contributed by atoms with Crippen molar-refractivity contribution in [1.82, 2.24) is 4.90 Å². The van der Waals surface area contributed by atoms with Crippen LogP contribution in [0.15, 0.2) is 24.3 Å². The second-order valence-corrected chi connectivity index (χ2v) is 5.65. The molecule has 3 unspecified atom stereocenters. The molecule has 0 N–H and O–H groups in total. The lowest BCUT2D eigenvalue weighted by Crippen LogP contribution is -2.50. The summed E-state index contributed by atoms with van der Waals surface area (Å²) in [7, 11) is 0. The van der Waals surface area contributed by atoms with E-state index in [1.807, 2.05) is 6.92 Å². The van der Waals surface area contributed by atoms with E-state index in [0.29, 0.717) is 17.5 Å². The Labute approximate surface area is 114 Å². The number of likely N-dealkylation sites (tertiary alicyclic amines) is 1. The zero-order valence-corrected chi connectivity index (χ0v) is 11.9. The summed E-state index contributed by atoms with van der Waals surface area (Å²) < 4.78 is 12.9. The number of hydrogen-bond acceptors (Lipinski definition) is 2. The fourth-order valence-corrected chi connectivity index (χ4v) is 2.92. The molecule has 1 aromatic carbocycles. The van der Waals surface area contributed by atoms with Crippen LogP contribution < -0.4 is 0 Å². The molecule has 1 saturated heterocycles. The van der Waals surface area contributed by atoms with Crippen molar-refractivity contribution in [2.45, 2.75) is 45.7 Å². The second-order valence-electron chi connectivity index (χ2n) is 5.65. The van der Waals surface area contributed by atoms with Crippen LogP contribution in [0.5, 0.6) is 0 Å². The molecule has 0 spiro atoms. The molecule has 0 radical (unpaired) electrons. The van der Waals surface area contributed by atoms with Crippen LogP contribution in [-0.2, 0) is 0 Å². The van der Waals surface area contributed by atoms with Gasteiger partial charge in [0.15, 0.2) is 5.78 Å². The fourth-order valence-electron chi connectivity index (χ4n) is 2.92. The number of piperidine rings is 1. The Morgan fingerprint density at radius 3 is 2.58 bits per heavy atom. The number of hydrogen-bond donors (Lipinski definition) is 0. The molecule has 1 aliphatic rings. The van der Waals surface area contributed by atoms with Crippen molar-refractivity contribution in [3.8, 4) is 0 Å². The molecule has 104 valence electrons. The normalized spacial score (nSPS) is 26.1. The lowest BCUT2D eigenvalue weighted by Gasteiger charge is -2.41. The third-order valence-electron chi connectivity index (χ3n) is 4.43. The number of Topliss-reactive ketones (excluding diaryl/α,β-unsaturated/α-hetero) is 1. The van der Waals surface area contributed by atoms with Gasteiger partial charge in [-0.15, -0.1) is 0 Å². The molecule has 1 aliphatic heterocycles. The third-order valence-corrected chi connectivity index (χ3v) is 4.43. The summed E-state index contributed by atoms with van der Waals surface area (Å²) in [6, 6.07) is 6.14. The zero-order chi connectivity index (χ0) is 14.0. The Hall–Kier alpha value is -1.22. The van der Waals surface area contributed by atoms with Crippen LogP contribution in [0.3, 0.4) is 0 Å². The average Bonchev–Trinajstić information content (AvgIpc) is 2.41. The Balaban J connectivity index is 2.12. The molecule has 3 atom stereocenters. The Morgan fingerprint density at radius 1 is 1.32 bits per heavy atom. The number of halogens is 1. The monoisotopic (exact) mass is 263 g/mol. The van der Waals surface area contributed by atoms with Gasteiger partial charge in [0.25, 0.3) is 0 Å². The molecule has 1 heterocycles. The van der Waals surface area contributed by atoms with Crippen molar-refractivity contribution in [2.24, 2.45) is 5.92 Å². The van der Waals surface area contributed by atoms with Crippen molar-refractivity contribution >= 4 is 5.78 Å². The van der Waals surface area contributed by atoms with Crippen LogP contribution in [-0.4, -0.2) is 29.3 Å². The van der Waals surface area contributed by atoms with Gasteiger partial charge in [-0.2, -0.15) is 0 Å². The molecular formula is C16H22FNO. The SMILES string of the molecule is CC1CCCN(C(C)C(=O)c2ccc(F)cc2)C1C. The van der Waals surface area contributed by atoms with Crippen molar-refractivity contribution in [3.05, 3.63) is 35.6 Å². The molecule has 1 fully saturated rings. The maximum Gasteiger partial charge on any atom is 0.179 e. The number of carbonyl (C=O) groups excluding carboxylic acids is 1. The topological polar surface area (TPSA) is 20.3 Å². The zero-order valence-electron chi connectivity index (χ0n) is 11.9. The largest absolute Gasteiger partial charge is 0.292 e. The molecule has 0 bridgehead atoms. The van der Waals surface area contributed by atoms with Gasteiger partial charge in [0.1, 0.15) is 5.82 Å². The highest BCUT2D eigenvalue weighted by Gasteiger charge is 2.31. The lowest BCUT2D eigenvalue weighted by molar-refractivity contribution is 0.0569. The first-order valence-electron chi connectivity index (χ1n) is 7.06. The first kappa shape index (κ1) is 14.2. The highest BCUT2D eigenvalue weighted by atomic mass is 19.1. The molecule has 19 heavy (non-hydrogen) atoms. The van der Waals surface area contributed by atoms with Gasteiger partial charge in [0.2, 0.25) is 0 Å². The van der Waals surface area contributed by atoms with Gasteiger partial charge in [0.05, 0.1) is 6.04 Å². The standard InChI is InChI=1S/C16H22FNO/c1-11-5-4-10-18(12(11)2)13(3)16(19)14-6-8-15(17)9-7-14/h6-9,11-13H,4-5,10H2,1-3H3. The summed E-state index contributed by atoms with van der Waals surface area (Å²) in [5.41, 5.74) is 0.597. The molecule has 0 saturated carbocycles. The summed E-state index contributed by atoms with van der Waals surface area (Å²) >= 11 is 0. The lowest BCUT2D eigenvalue weighted by atomic mass is 9.89. The van der Waals surface area contributed by atoms with Gasteiger partial charge in [-0.05, 0) is 63.4 Å². The molecule has 0 aromatic heterocycles. The third kappa shape index (κ3) is 3.03. The van der Waals surface area contributed by atoms with E-state index >= 15 is 0 Å². The average molecular weight is 263 g/mol. The predicted octanol–water partition coefficient (Wildman–Crippen LogP) is 3.52. The van der Waals surface area contributed by atoms with Crippen molar-refractivity contribution in [3.63, 3.8) is 0 Å². The summed E-state index contributed by atoms with van der Waals surface area (Å²) in [6.07, 6.45) is 2.38. The Morgan fingerprint density at radius 2 is 1.95 bits per heavy atom. The van der Waals surface area contributed by atoms with E-state index in [4.69, 9.17) is 0 Å². The van der Waals surface area contributed by atoms with Crippen molar-refractivity contribution in [1.29, 1.82) is 0 Å². The van der Waals surface area contributed by atoms with E-state index < -0.39 is 0 Å². The highest BCUT2D eigenvalue weighted by molar-refractivity contribution is 5.99. The van der Waals surface area contributed by atoms with E-state index in [-0.39, 0.29) is 17.6 Å². The van der Waals surface area contributed by atoms with Crippen LogP contribution in [0.1, 0.15) is 44.0 Å². The highest BCUT2D eigenvalue weighted by Crippen LogP contribution is 2.25. The summed E-state index contributed by atoms with van der Waals surface area (Å²) in [4.78, 5) is 14.7. The summed E-state index contributed by atoms with van der Waals surface area (Å²) in [6.45, 7) is 7.37. The molecule has 0 aliphatic carbocycles. The van der Waals surface area contributed by atoms with E-state index in [0.717, 1.165) is 13.0 Å². The van der Waals surface area contributed by atoms with Crippen LogP contribution in [0.25, 0.3) is 0 Å². The Kier molecular flexibility index (Phi) is 4.35.